The lowest BCUT2D eigenvalue weighted by Crippen LogP contribution is -2.30. The Morgan fingerprint density at radius 1 is 1.33 bits per heavy atom. The quantitative estimate of drug-likeness (QED) is 0.767. The third-order valence-corrected chi connectivity index (χ3v) is 4.76. The van der Waals surface area contributed by atoms with Gasteiger partial charge in [0, 0.05) is 13.1 Å². The van der Waals surface area contributed by atoms with Crippen molar-refractivity contribution in [3.63, 3.8) is 0 Å². The smallest absolute Gasteiger partial charge is 0.233 e. The van der Waals surface area contributed by atoms with Gasteiger partial charge in [-0.05, 0) is 19.4 Å². The molecule has 0 fully saturated rings. The number of hydrogen-bond acceptors (Lipinski definition) is 6. The van der Waals surface area contributed by atoms with Crippen LogP contribution in [0.5, 0.6) is 0 Å². The maximum Gasteiger partial charge on any atom is 0.233 e. The Morgan fingerprint density at radius 3 is 2.81 bits per heavy atom. The predicted molar refractivity (Wildman–Crippen MR) is 87.7 cm³/mol. The predicted octanol–water partition coefficient (Wildman–Crippen LogP) is 2.77. The van der Waals surface area contributed by atoms with Crippen molar-refractivity contribution >= 4 is 34.1 Å². The number of aromatic nitrogens is 2. The second-order valence-corrected chi connectivity index (χ2v) is 6.93. The van der Waals surface area contributed by atoms with Gasteiger partial charge in [-0.15, -0.1) is 10.2 Å². The van der Waals surface area contributed by atoms with E-state index in [0.29, 0.717) is 6.54 Å². The highest BCUT2D eigenvalue weighted by molar-refractivity contribution is 8.02. The summed E-state index contributed by atoms with van der Waals surface area (Å²) in [5.41, 5.74) is 1.09. The third-order valence-electron chi connectivity index (χ3n) is 2.69. The van der Waals surface area contributed by atoms with E-state index in [1.807, 2.05) is 44.2 Å². The van der Waals surface area contributed by atoms with Crippen molar-refractivity contribution in [2.75, 3.05) is 11.9 Å². The number of anilines is 1. The van der Waals surface area contributed by atoms with Gasteiger partial charge in [0.05, 0.1) is 5.25 Å². The largest absolute Gasteiger partial charge is 0.360 e. The summed E-state index contributed by atoms with van der Waals surface area (Å²) in [5.74, 6) is 0.00375. The molecule has 5 nitrogen and oxygen atoms in total. The highest BCUT2D eigenvalue weighted by Gasteiger charge is 2.16. The summed E-state index contributed by atoms with van der Waals surface area (Å²) >= 11 is 2.89. The van der Waals surface area contributed by atoms with Crippen molar-refractivity contribution in [1.29, 1.82) is 0 Å². The zero-order valence-electron chi connectivity index (χ0n) is 12.0. The molecule has 0 aliphatic carbocycles. The van der Waals surface area contributed by atoms with E-state index in [-0.39, 0.29) is 11.2 Å². The van der Waals surface area contributed by atoms with Gasteiger partial charge in [0.15, 0.2) is 4.34 Å². The number of carbonyl (C=O) groups excluding carboxylic acids is 1. The van der Waals surface area contributed by atoms with E-state index in [1.165, 1.54) is 23.1 Å². The fourth-order valence-electron chi connectivity index (χ4n) is 1.61. The van der Waals surface area contributed by atoms with Crippen LogP contribution in [0.3, 0.4) is 0 Å². The van der Waals surface area contributed by atoms with Crippen LogP contribution in [-0.2, 0) is 11.3 Å². The minimum absolute atomic E-state index is 0.00375. The summed E-state index contributed by atoms with van der Waals surface area (Å²) in [7, 11) is 0. The Hall–Kier alpha value is -1.60. The number of nitrogens with one attached hydrogen (secondary N) is 2. The topological polar surface area (TPSA) is 66.9 Å². The van der Waals surface area contributed by atoms with Crippen molar-refractivity contribution in [2.24, 2.45) is 0 Å². The van der Waals surface area contributed by atoms with Gasteiger partial charge < -0.3 is 10.6 Å². The first-order valence-corrected chi connectivity index (χ1v) is 8.44. The van der Waals surface area contributed by atoms with E-state index in [0.717, 1.165) is 21.6 Å². The van der Waals surface area contributed by atoms with Crippen molar-refractivity contribution < 1.29 is 4.79 Å². The molecule has 0 saturated carbocycles. The van der Waals surface area contributed by atoms with Gasteiger partial charge >= 0.3 is 0 Å². The molecule has 7 heteroatoms. The lowest BCUT2D eigenvalue weighted by molar-refractivity contribution is -0.120. The lowest BCUT2D eigenvalue weighted by Gasteiger charge is -2.10. The lowest BCUT2D eigenvalue weighted by atomic mass is 10.2. The van der Waals surface area contributed by atoms with Crippen LogP contribution in [0.1, 0.15) is 19.4 Å². The van der Waals surface area contributed by atoms with Crippen LogP contribution in [0, 0.1) is 0 Å². The van der Waals surface area contributed by atoms with Gasteiger partial charge in [-0.3, -0.25) is 4.79 Å². The van der Waals surface area contributed by atoms with E-state index >= 15 is 0 Å². The highest BCUT2D eigenvalue weighted by atomic mass is 32.2. The summed E-state index contributed by atoms with van der Waals surface area (Å²) in [6.45, 7) is 5.24. The minimum atomic E-state index is -0.198. The number of benzene rings is 1. The molecule has 0 spiro atoms. The number of hydrogen-bond donors (Lipinski definition) is 2. The minimum Gasteiger partial charge on any atom is -0.360 e. The van der Waals surface area contributed by atoms with Gasteiger partial charge in [0.1, 0.15) is 0 Å². The first-order valence-electron chi connectivity index (χ1n) is 6.74. The summed E-state index contributed by atoms with van der Waals surface area (Å²) in [4.78, 5) is 12.1. The van der Waals surface area contributed by atoms with Gasteiger partial charge in [-0.2, -0.15) is 0 Å². The first kappa shape index (κ1) is 15.8. The van der Waals surface area contributed by atoms with E-state index in [9.17, 15) is 4.79 Å². The molecular formula is C14H18N4OS2. The molecule has 1 heterocycles. The van der Waals surface area contributed by atoms with Gasteiger partial charge in [0.2, 0.25) is 11.0 Å². The van der Waals surface area contributed by atoms with E-state index in [1.54, 1.807) is 0 Å². The molecule has 0 radical (unpaired) electrons. The number of rotatable bonds is 7. The molecule has 0 bridgehead atoms. The molecule has 1 aromatic heterocycles. The van der Waals surface area contributed by atoms with Crippen LogP contribution >= 0.6 is 23.1 Å². The maximum atomic E-state index is 12.1. The van der Waals surface area contributed by atoms with Crippen molar-refractivity contribution in [3.05, 3.63) is 35.9 Å². The fourth-order valence-corrected chi connectivity index (χ4v) is 3.60. The fraction of sp³-hybridized carbons (Fsp3) is 0.357. The molecule has 2 aromatic rings. The summed E-state index contributed by atoms with van der Waals surface area (Å²) in [5, 5.41) is 14.7. The average molecular weight is 322 g/mol. The van der Waals surface area contributed by atoms with Crippen molar-refractivity contribution in [3.8, 4) is 0 Å². The second-order valence-electron chi connectivity index (χ2n) is 4.37. The molecule has 2 rings (SSSR count). The Bertz CT molecular complexity index is 573. The standard InChI is InChI=1S/C14H18N4OS2/c1-3-15-13-17-18-14(21-13)20-10(2)12(19)16-9-11-7-5-4-6-8-11/h4-8,10H,3,9H2,1-2H3,(H,15,17)(H,16,19). The summed E-state index contributed by atoms with van der Waals surface area (Å²) < 4.78 is 0.799. The van der Waals surface area contributed by atoms with E-state index in [4.69, 9.17) is 0 Å². The van der Waals surface area contributed by atoms with Gasteiger partial charge in [0.25, 0.3) is 0 Å². The molecule has 112 valence electrons. The maximum absolute atomic E-state index is 12.1. The van der Waals surface area contributed by atoms with Crippen LogP contribution in [0.25, 0.3) is 0 Å². The summed E-state index contributed by atoms with van der Waals surface area (Å²) in [6, 6.07) is 9.87. The zero-order chi connectivity index (χ0) is 15.1. The van der Waals surface area contributed by atoms with Crippen LogP contribution < -0.4 is 10.6 Å². The normalized spacial score (nSPS) is 11.9. The number of amides is 1. The highest BCUT2D eigenvalue weighted by Crippen LogP contribution is 2.28. The van der Waals surface area contributed by atoms with Crippen LogP contribution in [-0.4, -0.2) is 27.9 Å². The Labute approximate surface area is 132 Å². The molecule has 1 aromatic carbocycles. The zero-order valence-corrected chi connectivity index (χ0v) is 13.6. The van der Waals surface area contributed by atoms with E-state index in [2.05, 4.69) is 20.8 Å². The van der Waals surface area contributed by atoms with E-state index < -0.39 is 0 Å². The van der Waals surface area contributed by atoms with Crippen LogP contribution in [0.15, 0.2) is 34.7 Å². The molecule has 0 saturated heterocycles. The van der Waals surface area contributed by atoms with Crippen molar-refractivity contribution in [1.82, 2.24) is 15.5 Å². The SMILES string of the molecule is CCNc1nnc(SC(C)C(=O)NCc2ccccc2)s1. The average Bonchev–Trinajstić information content (AvgIpc) is 2.93. The Morgan fingerprint density at radius 2 is 2.10 bits per heavy atom. The summed E-state index contributed by atoms with van der Waals surface area (Å²) in [6.07, 6.45) is 0. The molecule has 1 amide bonds. The monoisotopic (exact) mass is 322 g/mol. The van der Waals surface area contributed by atoms with Gasteiger partial charge in [-0.25, -0.2) is 0 Å². The Kier molecular flexibility index (Phi) is 6.01. The molecule has 1 atom stereocenters. The molecule has 2 N–H and O–H groups in total. The molecule has 21 heavy (non-hydrogen) atoms. The van der Waals surface area contributed by atoms with Crippen LogP contribution in [0.2, 0.25) is 0 Å². The number of carbonyl (C=O) groups is 1. The number of thioether (sulfide) groups is 1. The molecule has 1 unspecified atom stereocenters. The number of nitrogens with zero attached hydrogens (tertiary/aromatic N) is 2. The molecule has 0 aliphatic heterocycles. The second kappa shape index (κ2) is 7.99. The molecule has 0 aliphatic rings. The van der Waals surface area contributed by atoms with Gasteiger partial charge in [-0.1, -0.05) is 53.4 Å². The first-order chi connectivity index (χ1) is 10.2. The Balaban J connectivity index is 1.81. The van der Waals surface area contributed by atoms with Crippen LogP contribution in [0.4, 0.5) is 5.13 Å². The van der Waals surface area contributed by atoms with Crippen molar-refractivity contribution in [2.45, 2.75) is 30.0 Å². The molecular weight excluding hydrogens is 304 g/mol. The third kappa shape index (κ3) is 5.02.